The van der Waals surface area contributed by atoms with Gasteiger partial charge in [0.25, 0.3) is 0 Å². The van der Waals surface area contributed by atoms with Gasteiger partial charge in [0.15, 0.2) is 0 Å². The Labute approximate surface area is 90.3 Å². The number of ether oxygens (including phenoxy) is 1. The summed E-state index contributed by atoms with van der Waals surface area (Å²) in [6.07, 6.45) is 7.11. The Hall–Kier alpha value is -0.550. The van der Waals surface area contributed by atoms with Crippen molar-refractivity contribution in [1.29, 1.82) is 0 Å². The highest BCUT2D eigenvalue weighted by Gasteiger charge is 2.45. The predicted molar refractivity (Wildman–Crippen MR) is 59.0 cm³/mol. The van der Waals surface area contributed by atoms with E-state index in [2.05, 4.69) is 24.5 Å². The Morgan fingerprint density at radius 3 is 3.29 bits per heavy atom. The lowest BCUT2D eigenvalue weighted by atomic mass is 9.77. The molecule has 4 atom stereocenters. The Bertz CT molecular complexity index is 336. The van der Waals surface area contributed by atoms with Crippen molar-refractivity contribution in [2.45, 2.75) is 37.0 Å². The molecule has 2 heteroatoms. The monoisotopic (exact) mass is 206 g/mol. The van der Waals surface area contributed by atoms with E-state index in [9.17, 15) is 0 Å². The van der Waals surface area contributed by atoms with Gasteiger partial charge in [0, 0.05) is 29.6 Å². The van der Waals surface area contributed by atoms with Crippen LogP contribution >= 0.6 is 12.6 Å². The highest BCUT2D eigenvalue weighted by Crippen LogP contribution is 2.46. The number of thiol groups is 1. The first kappa shape index (κ1) is 8.73. The number of fused-ring (bicyclic) bond motifs is 3. The maximum Gasteiger partial charge on any atom is 0.113 e. The Balaban J connectivity index is 1.89. The maximum atomic E-state index is 5.96. The Kier molecular flexibility index (Phi) is 2.02. The first-order valence-corrected chi connectivity index (χ1v) is 5.91. The van der Waals surface area contributed by atoms with E-state index in [0.29, 0.717) is 23.2 Å². The minimum absolute atomic E-state index is 0.352. The van der Waals surface area contributed by atoms with Gasteiger partial charge >= 0.3 is 0 Å². The fourth-order valence-corrected chi connectivity index (χ4v) is 3.38. The van der Waals surface area contributed by atoms with Crippen LogP contribution in [0.3, 0.4) is 0 Å². The van der Waals surface area contributed by atoms with Crippen LogP contribution in [0.2, 0.25) is 0 Å². The van der Waals surface area contributed by atoms with Crippen LogP contribution in [0.15, 0.2) is 11.8 Å². The summed E-state index contributed by atoms with van der Waals surface area (Å²) < 4.78 is 5.96. The molecule has 3 rings (SSSR count). The van der Waals surface area contributed by atoms with Gasteiger partial charge in [-0.2, -0.15) is 12.6 Å². The zero-order valence-corrected chi connectivity index (χ0v) is 8.97. The summed E-state index contributed by atoms with van der Waals surface area (Å²) in [5.74, 6) is 8.60. The van der Waals surface area contributed by atoms with E-state index in [1.54, 1.807) is 0 Å². The van der Waals surface area contributed by atoms with Gasteiger partial charge < -0.3 is 4.74 Å². The van der Waals surface area contributed by atoms with Crippen molar-refractivity contribution in [3.05, 3.63) is 11.8 Å². The fourth-order valence-electron chi connectivity index (χ4n) is 2.91. The summed E-state index contributed by atoms with van der Waals surface area (Å²) in [5, 5.41) is 0.431. The van der Waals surface area contributed by atoms with E-state index in [-0.39, 0.29) is 0 Å². The average molecular weight is 206 g/mol. The molecule has 0 aromatic rings. The number of hydrogen-bond donors (Lipinski definition) is 1. The summed E-state index contributed by atoms with van der Waals surface area (Å²) in [6, 6.07) is 0. The average Bonchev–Trinajstić information content (AvgIpc) is 2.59. The number of hydrogen-bond acceptors (Lipinski definition) is 2. The molecule has 0 amide bonds. The van der Waals surface area contributed by atoms with Crippen molar-refractivity contribution in [2.75, 3.05) is 0 Å². The third-order valence-corrected chi connectivity index (χ3v) is 4.18. The molecule has 1 aliphatic heterocycles. The molecule has 74 valence electrons. The lowest BCUT2D eigenvalue weighted by molar-refractivity contribution is 0.103. The molecule has 0 aromatic heterocycles. The van der Waals surface area contributed by atoms with E-state index < -0.39 is 0 Å². The van der Waals surface area contributed by atoms with Crippen LogP contribution in [0.25, 0.3) is 0 Å². The molecule has 0 bridgehead atoms. The van der Waals surface area contributed by atoms with Crippen molar-refractivity contribution in [1.82, 2.24) is 0 Å². The van der Waals surface area contributed by atoms with Gasteiger partial charge in [-0.15, -0.1) is 0 Å². The zero-order chi connectivity index (χ0) is 9.54. The van der Waals surface area contributed by atoms with Gasteiger partial charge in [0.1, 0.15) is 11.9 Å². The summed E-state index contributed by atoms with van der Waals surface area (Å²) in [6.45, 7) is 0. The summed E-state index contributed by atoms with van der Waals surface area (Å²) in [4.78, 5) is 0. The van der Waals surface area contributed by atoms with E-state index in [1.165, 1.54) is 19.3 Å². The summed E-state index contributed by atoms with van der Waals surface area (Å²) in [7, 11) is 0. The van der Waals surface area contributed by atoms with Crippen molar-refractivity contribution in [2.24, 2.45) is 11.8 Å². The predicted octanol–water partition coefficient (Wildman–Crippen LogP) is 2.39. The molecule has 4 unspecified atom stereocenters. The molecule has 14 heavy (non-hydrogen) atoms. The summed E-state index contributed by atoms with van der Waals surface area (Å²) in [5.41, 5.74) is 0. The van der Waals surface area contributed by atoms with Crippen molar-refractivity contribution < 1.29 is 4.74 Å². The van der Waals surface area contributed by atoms with Crippen molar-refractivity contribution in [3.8, 4) is 11.8 Å². The molecule has 0 spiro atoms. The smallest absolute Gasteiger partial charge is 0.113 e. The maximum absolute atomic E-state index is 5.96. The molecule has 2 aliphatic carbocycles. The standard InChI is InChI=1S/C12H14OS/c14-11-7-3-5-9-8-4-1-2-6-10(8)13-12(9)11/h6,8-9,11-12,14H,3-5,7H2. The third-order valence-electron chi connectivity index (χ3n) is 3.63. The third kappa shape index (κ3) is 1.19. The fraction of sp³-hybridized carbons (Fsp3) is 0.667. The van der Waals surface area contributed by atoms with Gasteiger partial charge in [0.2, 0.25) is 0 Å². The van der Waals surface area contributed by atoms with Crippen LogP contribution in [0.5, 0.6) is 0 Å². The second kappa shape index (κ2) is 3.24. The van der Waals surface area contributed by atoms with E-state index >= 15 is 0 Å². The van der Waals surface area contributed by atoms with E-state index in [1.807, 2.05) is 6.08 Å². The van der Waals surface area contributed by atoms with Gasteiger partial charge in [-0.1, -0.05) is 18.3 Å². The quantitative estimate of drug-likeness (QED) is 0.473. The molecular weight excluding hydrogens is 192 g/mol. The van der Waals surface area contributed by atoms with Crippen LogP contribution in [0.4, 0.5) is 0 Å². The zero-order valence-electron chi connectivity index (χ0n) is 8.07. The van der Waals surface area contributed by atoms with E-state index in [0.717, 1.165) is 12.2 Å². The van der Waals surface area contributed by atoms with Crippen LogP contribution in [-0.2, 0) is 4.74 Å². The summed E-state index contributed by atoms with van der Waals surface area (Å²) >= 11 is 4.62. The molecule has 0 N–H and O–H groups in total. The molecule has 3 aliphatic rings. The SMILES string of the molecule is SC1CCCC2C3CC#CC=C3OC12. The van der Waals surface area contributed by atoms with Gasteiger partial charge in [0.05, 0.1) is 0 Å². The second-order valence-electron chi connectivity index (χ2n) is 4.42. The van der Waals surface area contributed by atoms with Crippen molar-refractivity contribution >= 4 is 12.6 Å². The normalized spacial score (nSPS) is 43.9. The topological polar surface area (TPSA) is 9.23 Å². The van der Waals surface area contributed by atoms with Gasteiger partial charge in [-0.05, 0) is 12.8 Å². The highest BCUT2D eigenvalue weighted by atomic mass is 32.1. The van der Waals surface area contributed by atoms with Crippen LogP contribution in [0, 0.1) is 23.7 Å². The lowest BCUT2D eigenvalue weighted by Crippen LogP contribution is -2.33. The van der Waals surface area contributed by atoms with Crippen molar-refractivity contribution in [3.63, 3.8) is 0 Å². The first-order valence-electron chi connectivity index (χ1n) is 5.39. The van der Waals surface area contributed by atoms with Crippen LogP contribution in [-0.4, -0.2) is 11.4 Å². The molecule has 0 radical (unpaired) electrons. The minimum Gasteiger partial charge on any atom is -0.492 e. The van der Waals surface area contributed by atoms with Gasteiger partial charge in [-0.3, -0.25) is 0 Å². The molecule has 2 fully saturated rings. The van der Waals surface area contributed by atoms with Crippen LogP contribution < -0.4 is 0 Å². The minimum atomic E-state index is 0.352. The molecule has 1 heterocycles. The Morgan fingerprint density at radius 1 is 1.43 bits per heavy atom. The number of allylic oxidation sites excluding steroid dienone is 2. The molecular formula is C12H14OS. The van der Waals surface area contributed by atoms with Gasteiger partial charge in [-0.25, -0.2) is 0 Å². The Morgan fingerprint density at radius 2 is 2.36 bits per heavy atom. The first-order chi connectivity index (χ1) is 6.86. The van der Waals surface area contributed by atoms with Crippen LogP contribution in [0.1, 0.15) is 25.7 Å². The highest BCUT2D eigenvalue weighted by molar-refractivity contribution is 7.81. The van der Waals surface area contributed by atoms with E-state index in [4.69, 9.17) is 4.74 Å². The molecule has 0 aromatic carbocycles. The molecule has 1 saturated carbocycles. The molecule has 1 saturated heterocycles. The molecule has 1 nitrogen and oxygen atoms in total. The number of rotatable bonds is 0. The lowest BCUT2D eigenvalue weighted by Gasteiger charge is -2.30. The second-order valence-corrected chi connectivity index (χ2v) is 5.09. The largest absolute Gasteiger partial charge is 0.492 e.